The summed E-state index contributed by atoms with van der Waals surface area (Å²) in [6.45, 7) is 1.90. The summed E-state index contributed by atoms with van der Waals surface area (Å²) < 4.78 is 0.833. The topological polar surface area (TPSA) is 45.1 Å². The highest BCUT2D eigenvalue weighted by atomic mass is 79.9. The highest BCUT2D eigenvalue weighted by Crippen LogP contribution is 2.23. The molecule has 0 unspecified atom stereocenters. The highest BCUT2D eigenvalue weighted by molar-refractivity contribution is 9.10. The molecule has 3 nitrogen and oxygen atoms in total. The second-order valence-electron chi connectivity index (χ2n) is 2.71. The summed E-state index contributed by atoms with van der Waals surface area (Å²) >= 11 is 9.15. The molecule has 0 aliphatic rings. The fourth-order valence-electron chi connectivity index (χ4n) is 0.800. The highest BCUT2D eigenvalue weighted by Gasteiger charge is 2.05. The summed E-state index contributed by atoms with van der Waals surface area (Å²) in [6, 6.07) is 1.70. The van der Waals surface area contributed by atoms with Crippen LogP contribution in [0.3, 0.4) is 0 Å². The third-order valence-corrected chi connectivity index (χ3v) is 2.19. The molecule has 0 saturated carbocycles. The third kappa shape index (κ3) is 3.14. The fourth-order valence-corrected chi connectivity index (χ4v) is 1.48. The normalized spacial score (nSPS) is 12.6. The minimum absolute atomic E-state index is 0.0497. The maximum atomic E-state index is 8.80. The Kier molecular flexibility index (Phi) is 3.96. The first-order valence-corrected chi connectivity index (χ1v) is 4.99. The number of aliphatic hydroxyl groups excluding tert-OH is 1. The van der Waals surface area contributed by atoms with Gasteiger partial charge in [0.25, 0.3) is 0 Å². The smallest absolute Gasteiger partial charge is 0.145 e. The van der Waals surface area contributed by atoms with Gasteiger partial charge < -0.3 is 10.4 Å². The van der Waals surface area contributed by atoms with Gasteiger partial charge in [-0.3, -0.25) is 0 Å². The van der Waals surface area contributed by atoms with E-state index in [9.17, 15) is 0 Å². The lowest BCUT2D eigenvalue weighted by Crippen LogP contribution is -2.20. The lowest BCUT2D eigenvalue weighted by molar-refractivity contribution is 0.281. The first kappa shape index (κ1) is 10.8. The van der Waals surface area contributed by atoms with Crippen LogP contribution in [0.15, 0.2) is 16.7 Å². The van der Waals surface area contributed by atoms with E-state index in [1.807, 2.05) is 6.92 Å². The van der Waals surface area contributed by atoms with Crippen LogP contribution in [0.5, 0.6) is 0 Å². The molecule has 0 amide bonds. The van der Waals surface area contributed by atoms with Crippen LogP contribution in [-0.4, -0.2) is 22.7 Å². The Balaban J connectivity index is 2.77. The van der Waals surface area contributed by atoms with Crippen LogP contribution in [0.1, 0.15) is 6.92 Å². The first-order valence-electron chi connectivity index (χ1n) is 3.82. The Hall–Kier alpha value is -0.320. The van der Waals surface area contributed by atoms with E-state index in [1.54, 1.807) is 12.3 Å². The SMILES string of the molecule is C[C@@H](CO)Nc1ncc(Br)cc1Cl. The number of aliphatic hydroxyl groups is 1. The van der Waals surface area contributed by atoms with Crippen molar-refractivity contribution in [3.8, 4) is 0 Å². The lowest BCUT2D eigenvalue weighted by atomic mass is 10.3. The summed E-state index contributed by atoms with van der Waals surface area (Å²) in [4.78, 5) is 4.06. The second-order valence-corrected chi connectivity index (χ2v) is 4.03. The van der Waals surface area contributed by atoms with Crippen LogP contribution < -0.4 is 5.32 Å². The lowest BCUT2D eigenvalue weighted by Gasteiger charge is -2.12. The van der Waals surface area contributed by atoms with Crippen LogP contribution >= 0.6 is 27.5 Å². The Morgan fingerprint density at radius 2 is 2.46 bits per heavy atom. The van der Waals surface area contributed by atoms with Gasteiger partial charge in [-0.05, 0) is 28.9 Å². The molecule has 1 atom stereocenters. The Morgan fingerprint density at radius 1 is 1.77 bits per heavy atom. The zero-order valence-corrected chi connectivity index (χ0v) is 9.43. The number of rotatable bonds is 3. The molecular formula is C8H10BrClN2O. The molecule has 1 aromatic rings. The van der Waals surface area contributed by atoms with E-state index in [-0.39, 0.29) is 12.6 Å². The van der Waals surface area contributed by atoms with E-state index in [0.29, 0.717) is 10.8 Å². The van der Waals surface area contributed by atoms with Gasteiger partial charge in [0, 0.05) is 16.7 Å². The van der Waals surface area contributed by atoms with Gasteiger partial charge in [-0.25, -0.2) is 4.98 Å². The predicted octanol–water partition coefficient (Wildman–Crippen LogP) is 2.29. The molecule has 0 radical (unpaired) electrons. The van der Waals surface area contributed by atoms with Gasteiger partial charge >= 0.3 is 0 Å². The van der Waals surface area contributed by atoms with Gasteiger partial charge in [-0.2, -0.15) is 0 Å². The molecule has 1 rings (SSSR count). The van der Waals surface area contributed by atoms with Crippen molar-refractivity contribution >= 4 is 33.3 Å². The molecule has 2 N–H and O–H groups in total. The van der Waals surface area contributed by atoms with E-state index in [2.05, 4.69) is 26.2 Å². The van der Waals surface area contributed by atoms with E-state index in [1.165, 1.54) is 0 Å². The molecule has 0 aromatic carbocycles. The zero-order valence-electron chi connectivity index (χ0n) is 7.09. The molecule has 0 saturated heterocycles. The number of hydrogen-bond acceptors (Lipinski definition) is 3. The Labute approximate surface area is 90.3 Å². The largest absolute Gasteiger partial charge is 0.394 e. The molecule has 1 aromatic heterocycles. The van der Waals surface area contributed by atoms with E-state index in [0.717, 1.165) is 4.47 Å². The number of nitrogens with zero attached hydrogens (tertiary/aromatic N) is 1. The van der Waals surface area contributed by atoms with Crippen molar-refractivity contribution in [2.75, 3.05) is 11.9 Å². The molecule has 72 valence electrons. The number of nitrogens with one attached hydrogen (secondary N) is 1. The number of hydrogen-bond donors (Lipinski definition) is 2. The van der Waals surface area contributed by atoms with E-state index >= 15 is 0 Å². The van der Waals surface area contributed by atoms with Crippen LogP contribution in [0, 0.1) is 0 Å². The fraction of sp³-hybridized carbons (Fsp3) is 0.375. The van der Waals surface area contributed by atoms with Crippen molar-refractivity contribution in [1.82, 2.24) is 4.98 Å². The summed E-state index contributed by atoms with van der Waals surface area (Å²) in [5.41, 5.74) is 0. The molecule has 0 aliphatic carbocycles. The number of aromatic nitrogens is 1. The molecular weight excluding hydrogens is 255 g/mol. The van der Waals surface area contributed by atoms with Crippen molar-refractivity contribution in [2.24, 2.45) is 0 Å². The van der Waals surface area contributed by atoms with Gasteiger partial charge in [0.05, 0.1) is 11.6 Å². The first-order chi connectivity index (χ1) is 6.13. The molecule has 0 fully saturated rings. The van der Waals surface area contributed by atoms with Crippen molar-refractivity contribution in [1.29, 1.82) is 0 Å². The molecule has 1 heterocycles. The van der Waals surface area contributed by atoms with E-state index in [4.69, 9.17) is 16.7 Å². The quantitative estimate of drug-likeness (QED) is 0.881. The standard InChI is InChI=1S/C8H10BrClN2O/c1-5(4-13)12-8-7(10)2-6(9)3-11-8/h2-3,5,13H,4H2,1H3,(H,11,12)/t5-/m0/s1. The molecule has 0 aliphatic heterocycles. The summed E-state index contributed by atoms with van der Waals surface area (Å²) in [6.07, 6.45) is 1.65. The molecule has 13 heavy (non-hydrogen) atoms. The Bertz CT molecular complexity index is 295. The van der Waals surface area contributed by atoms with Gasteiger partial charge in [0.15, 0.2) is 0 Å². The van der Waals surface area contributed by atoms with Crippen LogP contribution in [0.2, 0.25) is 5.02 Å². The third-order valence-electron chi connectivity index (χ3n) is 1.46. The van der Waals surface area contributed by atoms with Gasteiger partial charge in [-0.15, -0.1) is 0 Å². The van der Waals surface area contributed by atoms with Crippen molar-refractivity contribution < 1.29 is 5.11 Å². The van der Waals surface area contributed by atoms with Gasteiger partial charge in [-0.1, -0.05) is 11.6 Å². The molecule has 5 heteroatoms. The second kappa shape index (κ2) is 4.79. The van der Waals surface area contributed by atoms with E-state index < -0.39 is 0 Å². The number of halogens is 2. The predicted molar refractivity (Wildman–Crippen MR) is 57.1 cm³/mol. The minimum atomic E-state index is -0.0498. The number of pyridine rings is 1. The van der Waals surface area contributed by atoms with Crippen LogP contribution in [0.4, 0.5) is 5.82 Å². The molecule has 0 bridgehead atoms. The average molecular weight is 266 g/mol. The zero-order chi connectivity index (χ0) is 9.84. The molecule has 0 spiro atoms. The summed E-state index contributed by atoms with van der Waals surface area (Å²) in [5, 5.41) is 12.3. The maximum absolute atomic E-state index is 8.80. The average Bonchev–Trinajstić information content (AvgIpc) is 2.09. The Morgan fingerprint density at radius 3 is 3.00 bits per heavy atom. The summed E-state index contributed by atoms with van der Waals surface area (Å²) in [7, 11) is 0. The summed E-state index contributed by atoms with van der Waals surface area (Å²) in [5.74, 6) is 0.589. The van der Waals surface area contributed by atoms with Crippen molar-refractivity contribution in [2.45, 2.75) is 13.0 Å². The van der Waals surface area contributed by atoms with Gasteiger partial charge in [0.1, 0.15) is 5.82 Å². The van der Waals surface area contributed by atoms with Crippen LogP contribution in [0.25, 0.3) is 0 Å². The minimum Gasteiger partial charge on any atom is -0.394 e. The van der Waals surface area contributed by atoms with Gasteiger partial charge in [0.2, 0.25) is 0 Å². The number of anilines is 1. The maximum Gasteiger partial charge on any atom is 0.145 e. The van der Waals surface area contributed by atoms with Crippen LogP contribution in [-0.2, 0) is 0 Å². The monoisotopic (exact) mass is 264 g/mol. The van der Waals surface area contributed by atoms with Crippen molar-refractivity contribution in [3.63, 3.8) is 0 Å². The van der Waals surface area contributed by atoms with Crippen molar-refractivity contribution in [3.05, 3.63) is 21.8 Å².